The second kappa shape index (κ2) is 7.26. The van der Waals surface area contributed by atoms with E-state index in [1.165, 1.54) is 11.3 Å². The van der Waals surface area contributed by atoms with Gasteiger partial charge in [-0.15, -0.1) is 36.6 Å². The fourth-order valence-corrected chi connectivity index (χ4v) is 4.78. The Morgan fingerprint density at radius 1 is 1.32 bits per heavy atom. The van der Waals surface area contributed by atoms with Crippen molar-refractivity contribution in [3.8, 4) is 0 Å². The Kier molecular flexibility index (Phi) is 5.43. The summed E-state index contributed by atoms with van der Waals surface area (Å²) in [5.74, 6) is -0.617. The van der Waals surface area contributed by atoms with Crippen molar-refractivity contribution in [2.24, 2.45) is 5.92 Å². The van der Waals surface area contributed by atoms with Crippen molar-refractivity contribution in [3.05, 3.63) is 23.2 Å². The molecular formula is C17H20N2O3S3. The third-order valence-corrected chi connectivity index (χ3v) is 6.98. The number of benzene rings is 1. The Labute approximate surface area is 161 Å². The largest absolute Gasteiger partial charge is 0.378 e. The molecule has 0 aliphatic carbocycles. The lowest BCUT2D eigenvalue weighted by molar-refractivity contribution is -0.123. The SMILES string of the molecule is CC(C(=O)S)C(C)(C(=O)S)c1nc2c(N3CCOCC3)cccc2s1. The summed E-state index contributed by atoms with van der Waals surface area (Å²) in [6.07, 6.45) is 0. The number of morpholine rings is 1. The molecule has 1 aromatic carbocycles. The second-order valence-corrected chi connectivity index (χ2v) is 8.19. The van der Waals surface area contributed by atoms with Crippen LogP contribution in [0, 0.1) is 5.92 Å². The lowest BCUT2D eigenvalue weighted by atomic mass is 9.80. The lowest BCUT2D eigenvalue weighted by Gasteiger charge is -2.29. The van der Waals surface area contributed by atoms with Crippen molar-refractivity contribution in [1.29, 1.82) is 0 Å². The van der Waals surface area contributed by atoms with Crippen LogP contribution >= 0.6 is 36.6 Å². The summed E-state index contributed by atoms with van der Waals surface area (Å²) in [6, 6.07) is 6.00. The van der Waals surface area contributed by atoms with Gasteiger partial charge < -0.3 is 9.64 Å². The van der Waals surface area contributed by atoms with E-state index in [0.29, 0.717) is 18.2 Å². The van der Waals surface area contributed by atoms with Crippen LogP contribution in [0.15, 0.2) is 18.2 Å². The van der Waals surface area contributed by atoms with Crippen LogP contribution in [-0.4, -0.2) is 41.5 Å². The molecule has 3 rings (SSSR count). The summed E-state index contributed by atoms with van der Waals surface area (Å²) in [7, 11) is 0. The van der Waals surface area contributed by atoms with Crippen LogP contribution in [0.5, 0.6) is 0 Å². The number of hydrogen-bond acceptors (Lipinski definition) is 6. The molecule has 0 saturated carbocycles. The zero-order chi connectivity index (χ0) is 18.2. The third-order valence-electron chi connectivity index (χ3n) is 4.87. The van der Waals surface area contributed by atoms with E-state index in [4.69, 9.17) is 9.72 Å². The van der Waals surface area contributed by atoms with Crippen molar-refractivity contribution >= 4 is 62.7 Å². The molecule has 0 N–H and O–H groups in total. The van der Waals surface area contributed by atoms with Crippen LogP contribution in [0.3, 0.4) is 0 Å². The van der Waals surface area contributed by atoms with Gasteiger partial charge in [-0.1, -0.05) is 13.0 Å². The molecule has 1 aliphatic rings. The number of aromatic nitrogens is 1. The first-order valence-corrected chi connectivity index (χ1v) is 9.75. The number of carbonyl (C=O) groups is 2. The molecule has 8 heteroatoms. The number of ether oxygens (including phenoxy) is 1. The zero-order valence-electron chi connectivity index (χ0n) is 14.1. The summed E-state index contributed by atoms with van der Waals surface area (Å²) in [5, 5.41) is -0.134. The Balaban J connectivity index is 2.11. The van der Waals surface area contributed by atoms with Gasteiger partial charge >= 0.3 is 0 Å². The van der Waals surface area contributed by atoms with Gasteiger partial charge in [0.25, 0.3) is 0 Å². The maximum Gasteiger partial charge on any atom is 0.199 e. The Bertz CT molecular complexity index is 817. The molecule has 134 valence electrons. The topological polar surface area (TPSA) is 59.5 Å². The number of thiol groups is 2. The molecule has 2 atom stereocenters. The first-order valence-electron chi connectivity index (χ1n) is 8.04. The number of thiazole rings is 1. The normalized spacial score (nSPS) is 18.8. The number of carbonyl (C=O) groups excluding carboxylic acids is 2. The smallest absolute Gasteiger partial charge is 0.199 e. The highest BCUT2D eigenvalue weighted by molar-refractivity contribution is 7.97. The van der Waals surface area contributed by atoms with E-state index < -0.39 is 11.3 Å². The number of para-hydroxylation sites is 1. The van der Waals surface area contributed by atoms with E-state index in [2.05, 4.69) is 30.2 Å². The minimum Gasteiger partial charge on any atom is -0.378 e. The van der Waals surface area contributed by atoms with Crippen LogP contribution in [-0.2, 0) is 19.7 Å². The van der Waals surface area contributed by atoms with Crippen LogP contribution in [0.25, 0.3) is 10.2 Å². The molecule has 2 unspecified atom stereocenters. The minimum absolute atomic E-state index is 0.349. The van der Waals surface area contributed by atoms with E-state index in [1.54, 1.807) is 13.8 Å². The molecule has 1 fully saturated rings. The van der Waals surface area contributed by atoms with Gasteiger partial charge in [-0.3, -0.25) is 9.59 Å². The molecule has 2 heterocycles. The van der Waals surface area contributed by atoms with Crippen LogP contribution in [0.2, 0.25) is 0 Å². The van der Waals surface area contributed by atoms with Gasteiger partial charge in [-0.05, 0) is 19.1 Å². The molecular weight excluding hydrogens is 376 g/mol. The van der Waals surface area contributed by atoms with Crippen molar-refractivity contribution in [1.82, 2.24) is 4.98 Å². The highest BCUT2D eigenvalue weighted by atomic mass is 32.1. The van der Waals surface area contributed by atoms with E-state index in [-0.39, 0.29) is 10.2 Å². The van der Waals surface area contributed by atoms with Crippen LogP contribution < -0.4 is 4.90 Å². The Morgan fingerprint density at radius 2 is 2.00 bits per heavy atom. The summed E-state index contributed by atoms with van der Waals surface area (Å²) >= 11 is 9.41. The van der Waals surface area contributed by atoms with Gasteiger partial charge in [0.15, 0.2) is 10.2 Å². The molecule has 1 saturated heterocycles. The second-order valence-electron chi connectivity index (χ2n) is 6.31. The molecule has 1 aliphatic heterocycles. The third kappa shape index (κ3) is 3.32. The monoisotopic (exact) mass is 396 g/mol. The van der Waals surface area contributed by atoms with Crippen molar-refractivity contribution in [3.63, 3.8) is 0 Å². The van der Waals surface area contributed by atoms with Gasteiger partial charge in [0.05, 0.1) is 29.0 Å². The predicted molar refractivity (Wildman–Crippen MR) is 107 cm³/mol. The van der Waals surface area contributed by atoms with Crippen molar-refractivity contribution < 1.29 is 14.3 Å². The minimum atomic E-state index is -1.10. The standard InChI is InChI=1S/C17H20N2O3S3/c1-10(14(20)23)17(2,16(21)24)15-18-13-11(4-3-5-12(13)25-15)19-6-8-22-9-7-19/h3-5,10H,6-9H2,1-2H3,(H,20,23)(H,21,24). The van der Waals surface area contributed by atoms with Crippen LogP contribution in [0.4, 0.5) is 5.69 Å². The molecule has 25 heavy (non-hydrogen) atoms. The molecule has 5 nitrogen and oxygen atoms in total. The Morgan fingerprint density at radius 3 is 2.60 bits per heavy atom. The number of fused-ring (bicyclic) bond motifs is 1. The highest BCUT2D eigenvalue weighted by Gasteiger charge is 2.44. The van der Waals surface area contributed by atoms with E-state index in [9.17, 15) is 9.59 Å². The van der Waals surface area contributed by atoms with Gasteiger partial charge in [-0.2, -0.15) is 0 Å². The number of hydrogen-bond donors (Lipinski definition) is 2. The average Bonchev–Trinajstić information content (AvgIpc) is 3.05. The zero-order valence-corrected chi connectivity index (χ0v) is 16.7. The van der Waals surface area contributed by atoms with Crippen molar-refractivity contribution in [2.45, 2.75) is 19.3 Å². The molecule has 0 bridgehead atoms. The van der Waals surface area contributed by atoms with Gasteiger partial charge in [0.2, 0.25) is 0 Å². The highest BCUT2D eigenvalue weighted by Crippen LogP contribution is 2.41. The number of anilines is 1. The van der Waals surface area contributed by atoms with Gasteiger partial charge in [0, 0.05) is 19.0 Å². The average molecular weight is 397 g/mol. The molecule has 1 aromatic heterocycles. The quantitative estimate of drug-likeness (QED) is 0.761. The summed E-state index contributed by atoms with van der Waals surface area (Å²) in [5.41, 5.74) is 0.777. The maximum absolute atomic E-state index is 12.3. The molecule has 0 spiro atoms. The summed E-state index contributed by atoms with van der Waals surface area (Å²) in [4.78, 5) is 31.1. The summed E-state index contributed by atoms with van der Waals surface area (Å²) < 4.78 is 6.41. The van der Waals surface area contributed by atoms with E-state index >= 15 is 0 Å². The molecule has 0 radical (unpaired) electrons. The summed E-state index contributed by atoms with van der Waals surface area (Å²) in [6.45, 7) is 6.39. The first kappa shape index (κ1) is 18.7. The number of rotatable bonds is 5. The van der Waals surface area contributed by atoms with E-state index in [1.807, 2.05) is 18.2 Å². The fraction of sp³-hybridized carbons (Fsp3) is 0.471. The fourth-order valence-electron chi connectivity index (χ4n) is 2.92. The van der Waals surface area contributed by atoms with Gasteiger partial charge in [-0.25, -0.2) is 4.98 Å². The molecule has 0 amide bonds. The van der Waals surface area contributed by atoms with Crippen molar-refractivity contribution in [2.75, 3.05) is 31.2 Å². The van der Waals surface area contributed by atoms with E-state index in [0.717, 1.165) is 29.0 Å². The predicted octanol–water partition coefficient (Wildman–Crippen LogP) is 2.94. The van der Waals surface area contributed by atoms with Gasteiger partial charge in [0.1, 0.15) is 10.5 Å². The van der Waals surface area contributed by atoms with Crippen LogP contribution in [0.1, 0.15) is 18.9 Å². The first-order chi connectivity index (χ1) is 11.9. The number of nitrogens with zero attached hydrogens (tertiary/aromatic N) is 2. The maximum atomic E-state index is 12.3. The molecule has 2 aromatic rings. The lowest BCUT2D eigenvalue weighted by Crippen LogP contribution is -2.39. The Hall–Kier alpha value is -1.09.